The smallest absolute Gasteiger partial charge is 0.354 e. The van der Waals surface area contributed by atoms with Crippen LogP contribution in [0.2, 0.25) is 5.02 Å². The van der Waals surface area contributed by atoms with Crippen LogP contribution in [0.5, 0.6) is 0 Å². The van der Waals surface area contributed by atoms with Crippen molar-refractivity contribution in [2.45, 2.75) is 13.3 Å². The van der Waals surface area contributed by atoms with Crippen molar-refractivity contribution in [2.75, 3.05) is 0 Å². The minimum atomic E-state index is -0.985. The van der Waals surface area contributed by atoms with Gasteiger partial charge in [-0.05, 0) is 18.6 Å². The van der Waals surface area contributed by atoms with Crippen molar-refractivity contribution in [1.82, 2.24) is 9.38 Å². The molecule has 0 aromatic carbocycles. The summed E-state index contributed by atoms with van der Waals surface area (Å²) in [5.74, 6) is -0.985. The number of carboxylic acid groups (broad SMARTS) is 1. The Labute approximate surface area is 91.1 Å². The zero-order valence-electron chi connectivity index (χ0n) is 8.07. The Kier molecular flexibility index (Phi) is 2.36. The minimum absolute atomic E-state index is 0.190. The van der Waals surface area contributed by atoms with E-state index in [0.29, 0.717) is 22.8 Å². The molecule has 2 aromatic rings. The Balaban J connectivity index is 2.82. The summed E-state index contributed by atoms with van der Waals surface area (Å²) >= 11 is 5.81. The first kappa shape index (κ1) is 9.98. The van der Waals surface area contributed by atoms with E-state index >= 15 is 0 Å². The molecule has 0 unspecified atom stereocenters. The molecule has 0 fully saturated rings. The fraction of sp³-hybridized carbons (Fsp3) is 0.200. The quantitative estimate of drug-likeness (QED) is 0.851. The number of nitrogens with zero attached hydrogens (tertiary/aromatic N) is 2. The Morgan fingerprint density at radius 3 is 2.93 bits per heavy atom. The summed E-state index contributed by atoms with van der Waals surface area (Å²) in [6.45, 7) is 1.87. The maximum Gasteiger partial charge on any atom is 0.354 e. The van der Waals surface area contributed by atoms with Gasteiger partial charge in [0.15, 0.2) is 5.69 Å². The molecule has 4 nitrogen and oxygen atoms in total. The molecule has 0 saturated carbocycles. The predicted molar refractivity (Wildman–Crippen MR) is 56.5 cm³/mol. The lowest BCUT2D eigenvalue weighted by atomic mass is 10.2. The SMILES string of the molecule is CCc1nc2ccc(Cl)cn2c1C(=O)O. The molecule has 0 amide bonds. The number of hydrogen-bond donors (Lipinski definition) is 1. The van der Waals surface area contributed by atoms with Gasteiger partial charge in [0, 0.05) is 6.20 Å². The van der Waals surface area contributed by atoms with Gasteiger partial charge in [-0.2, -0.15) is 0 Å². The molecule has 0 saturated heterocycles. The van der Waals surface area contributed by atoms with Crippen molar-refractivity contribution in [3.05, 3.63) is 34.7 Å². The molecule has 0 aliphatic carbocycles. The van der Waals surface area contributed by atoms with Gasteiger partial charge in [-0.25, -0.2) is 9.78 Å². The van der Waals surface area contributed by atoms with Crippen LogP contribution in [0, 0.1) is 0 Å². The van der Waals surface area contributed by atoms with Gasteiger partial charge < -0.3 is 5.11 Å². The standard InChI is InChI=1S/C10H9ClN2O2/c1-2-7-9(10(14)15)13-5-6(11)3-4-8(13)12-7/h3-5H,2H2,1H3,(H,14,15). The van der Waals surface area contributed by atoms with Gasteiger partial charge >= 0.3 is 5.97 Å². The monoisotopic (exact) mass is 224 g/mol. The highest BCUT2D eigenvalue weighted by Gasteiger charge is 2.16. The predicted octanol–water partition coefficient (Wildman–Crippen LogP) is 2.25. The first-order valence-corrected chi connectivity index (χ1v) is 4.91. The van der Waals surface area contributed by atoms with Crippen LogP contribution in [-0.2, 0) is 6.42 Å². The van der Waals surface area contributed by atoms with E-state index in [1.165, 1.54) is 4.40 Å². The summed E-state index contributed by atoms with van der Waals surface area (Å²) in [4.78, 5) is 15.3. The number of carboxylic acids is 1. The summed E-state index contributed by atoms with van der Waals surface area (Å²) in [7, 11) is 0. The second-order valence-corrected chi connectivity index (χ2v) is 3.58. The summed E-state index contributed by atoms with van der Waals surface area (Å²) in [6.07, 6.45) is 2.15. The molecular formula is C10H9ClN2O2. The number of fused-ring (bicyclic) bond motifs is 1. The summed E-state index contributed by atoms with van der Waals surface area (Å²) in [6, 6.07) is 3.39. The lowest BCUT2D eigenvalue weighted by Gasteiger charge is -1.98. The van der Waals surface area contributed by atoms with Crippen LogP contribution < -0.4 is 0 Å². The number of aromatic carboxylic acids is 1. The van der Waals surface area contributed by atoms with E-state index in [-0.39, 0.29) is 5.69 Å². The van der Waals surface area contributed by atoms with Gasteiger partial charge in [0.05, 0.1) is 10.7 Å². The molecule has 2 aromatic heterocycles. The first-order valence-electron chi connectivity index (χ1n) is 4.53. The second kappa shape index (κ2) is 3.55. The number of carbonyl (C=O) groups is 1. The van der Waals surface area contributed by atoms with E-state index in [2.05, 4.69) is 4.98 Å². The molecule has 0 bridgehead atoms. The molecule has 0 atom stereocenters. The van der Waals surface area contributed by atoms with E-state index < -0.39 is 5.97 Å². The Hall–Kier alpha value is -1.55. The molecule has 0 aliphatic rings. The summed E-state index contributed by atoms with van der Waals surface area (Å²) in [5, 5.41) is 9.56. The fourth-order valence-corrected chi connectivity index (χ4v) is 1.70. The van der Waals surface area contributed by atoms with Gasteiger partial charge in [0.25, 0.3) is 0 Å². The van der Waals surface area contributed by atoms with Crippen LogP contribution in [-0.4, -0.2) is 20.5 Å². The van der Waals surface area contributed by atoms with Crippen LogP contribution in [0.15, 0.2) is 18.3 Å². The van der Waals surface area contributed by atoms with Crippen molar-refractivity contribution < 1.29 is 9.90 Å². The van der Waals surface area contributed by atoms with Crippen molar-refractivity contribution in [2.24, 2.45) is 0 Å². The number of imidazole rings is 1. The zero-order valence-corrected chi connectivity index (χ0v) is 8.82. The average Bonchev–Trinajstić information content (AvgIpc) is 2.55. The minimum Gasteiger partial charge on any atom is -0.477 e. The maximum atomic E-state index is 11.1. The molecule has 0 spiro atoms. The van der Waals surface area contributed by atoms with Crippen LogP contribution in [0.4, 0.5) is 0 Å². The van der Waals surface area contributed by atoms with Crippen LogP contribution in [0.3, 0.4) is 0 Å². The number of aromatic nitrogens is 2. The van der Waals surface area contributed by atoms with Crippen LogP contribution in [0.1, 0.15) is 23.1 Å². The van der Waals surface area contributed by atoms with Crippen LogP contribution >= 0.6 is 11.6 Å². The molecule has 5 heteroatoms. The highest BCUT2D eigenvalue weighted by molar-refractivity contribution is 6.30. The van der Waals surface area contributed by atoms with E-state index in [1.807, 2.05) is 6.92 Å². The van der Waals surface area contributed by atoms with Crippen molar-refractivity contribution in [1.29, 1.82) is 0 Å². The van der Waals surface area contributed by atoms with E-state index in [1.54, 1.807) is 18.3 Å². The molecule has 2 rings (SSSR count). The molecule has 2 heterocycles. The van der Waals surface area contributed by atoms with Gasteiger partial charge in [-0.3, -0.25) is 4.40 Å². The summed E-state index contributed by atoms with van der Waals surface area (Å²) in [5.41, 5.74) is 1.37. The van der Waals surface area contributed by atoms with Crippen molar-refractivity contribution in [3.8, 4) is 0 Å². The number of pyridine rings is 1. The topological polar surface area (TPSA) is 54.6 Å². The number of hydrogen-bond acceptors (Lipinski definition) is 2. The second-order valence-electron chi connectivity index (χ2n) is 3.14. The van der Waals surface area contributed by atoms with E-state index in [4.69, 9.17) is 16.7 Å². The normalized spacial score (nSPS) is 10.8. The Morgan fingerprint density at radius 2 is 2.33 bits per heavy atom. The number of aryl methyl sites for hydroxylation is 1. The largest absolute Gasteiger partial charge is 0.477 e. The average molecular weight is 225 g/mol. The lowest BCUT2D eigenvalue weighted by molar-refractivity contribution is 0.0688. The molecule has 1 N–H and O–H groups in total. The van der Waals surface area contributed by atoms with Gasteiger partial charge in [-0.1, -0.05) is 18.5 Å². The van der Waals surface area contributed by atoms with Gasteiger partial charge in [0.2, 0.25) is 0 Å². The van der Waals surface area contributed by atoms with Crippen molar-refractivity contribution in [3.63, 3.8) is 0 Å². The molecule has 0 radical (unpaired) electrons. The Bertz CT molecular complexity index is 533. The number of halogens is 1. The molecular weight excluding hydrogens is 216 g/mol. The Morgan fingerprint density at radius 1 is 1.60 bits per heavy atom. The van der Waals surface area contributed by atoms with Gasteiger partial charge in [0.1, 0.15) is 5.65 Å². The third-order valence-electron chi connectivity index (χ3n) is 2.19. The molecule has 78 valence electrons. The third-order valence-corrected chi connectivity index (χ3v) is 2.42. The van der Waals surface area contributed by atoms with E-state index in [0.717, 1.165) is 0 Å². The number of rotatable bonds is 2. The third kappa shape index (κ3) is 1.57. The maximum absolute atomic E-state index is 11.1. The van der Waals surface area contributed by atoms with Crippen molar-refractivity contribution >= 4 is 23.2 Å². The fourth-order valence-electron chi connectivity index (χ4n) is 1.54. The summed E-state index contributed by atoms with van der Waals surface area (Å²) < 4.78 is 1.50. The van der Waals surface area contributed by atoms with Crippen LogP contribution in [0.25, 0.3) is 5.65 Å². The zero-order chi connectivity index (χ0) is 11.0. The highest BCUT2D eigenvalue weighted by atomic mass is 35.5. The highest BCUT2D eigenvalue weighted by Crippen LogP contribution is 2.17. The van der Waals surface area contributed by atoms with Gasteiger partial charge in [-0.15, -0.1) is 0 Å². The lowest BCUT2D eigenvalue weighted by Crippen LogP contribution is -2.04. The molecule has 15 heavy (non-hydrogen) atoms. The molecule has 0 aliphatic heterocycles. The van der Waals surface area contributed by atoms with E-state index in [9.17, 15) is 4.79 Å². The first-order chi connectivity index (χ1) is 7.13.